The predicted molar refractivity (Wildman–Crippen MR) is 106 cm³/mol. The zero-order valence-corrected chi connectivity index (χ0v) is 17.4. The first-order chi connectivity index (χ1) is 15.6. The molecule has 0 rings (SSSR count). The molecule has 0 amide bonds. The Morgan fingerprint density at radius 2 is 0.667 bits per heavy atom. The molecule has 9 N–H and O–H groups in total. The summed E-state index contributed by atoms with van der Waals surface area (Å²) in [5.74, 6) is -0.675. The van der Waals surface area contributed by atoms with Gasteiger partial charge in [-0.05, 0) is 6.42 Å². The van der Waals surface area contributed by atoms with E-state index in [-0.39, 0.29) is 51.8 Å². The molecule has 18 nitrogen and oxygen atoms in total. The zero-order valence-electron chi connectivity index (χ0n) is 17.4. The summed E-state index contributed by atoms with van der Waals surface area (Å²) in [6.07, 6.45) is 4.55. The minimum atomic E-state index is -0.675. The molecule has 33 heavy (non-hydrogen) atoms. The molecule has 0 heterocycles. The molecule has 0 radical (unpaired) electrons. The van der Waals surface area contributed by atoms with Crippen LogP contribution in [0.3, 0.4) is 0 Å². The van der Waals surface area contributed by atoms with E-state index in [2.05, 4.69) is 6.92 Å². The fourth-order valence-corrected chi connectivity index (χ4v) is 0.703. The molecule has 0 fully saturated rings. The lowest BCUT2D eigenvalue weighted by molar-refractivity contribution is -0.137. The van der Waals surface area contributed by atoms with Crippen molar-refractivity contribution in [2.24, 2.45) is 0 Å². The van der Waals surface area contributed by atoms with Crippen molar-refractivity contribution < 1.29 is 89.1 Å². The van der Waals surface area contributed by atoms with Crippen molar-refractivity contribution in [1.29, 1.82) is 0 Å². The third-order valence-electron chi connectivity index (χ3n) is 1.24. The first-order valence-corrected chi connectivity index (χ1v) is 7.44. The van der Waals surface area contributed by atoms with E-state index in [1.807, 2.05) is 0 Å². The van der Waals surface area contributed by atoms with Crippen LogP contribution >= 0.6 is 0 Å². The third kappa shape index (κ3) is 11500. The first-order valence-electron chi connectivity index (χ1n) is 7.44. The Morgan fingerprint density at radius 3 is 0.788 bits per heavy atom. The van der Waals surface area contributed by atoms with E-state index < -0.39 is 5.97 Å². The van der Waals surface area contributed by atoms with Crippen LogP contribution in [0.2, 0.25) is 0 Å². The molecule has 0 aromatic heterocycles. The van der Waals surface area contributed by atoms with Gasteiger partial charge < -0.3 is 46.0 Å². The predicted octanol–water partition coefficient (Wildman–Crippen LogP) is -0.352. The van der Waals surface area contributed by atoms with Crippen molar-refractivity contribution in [3.8, 4) is 0 Å². The van der Waals surface area contributed by atoms with Gasteiger partial charge in [-0.1, -0.05) is 26.2 Å². The van der Waals surface area contributed by atoms with Crippen LogP contribution in [0.5, 0.6) is 0 Å². The largest absolute Gasteiger partial charge is 0.483 e. The lowest BCUT2D eigenvalue weighted by Crippen LogP contribution is -1.92. The highest BCUT2D eigenvalue weighted by molar-refractivity contribution is 5.66. The highest BCUT2D eigenvalue weighted by Gasteiger charge is 1.93. The summed E-state index contributed by atoms with van der Waals surface area (Å²) in [7, 11) is 0. The number of hydrogen-bond donors (Lipinski definition) is 9. The molecule has 0 saturated heterocycles. The number of rotatable bonds is 5. The Hall–Kier alpha value is -4.77. The van der Waals surface area contributed by atoms with Crippen LogP contribution in [0.25, 0.3) is 0 Å². The Bertz CT molecular complexity index is 300. The zero-order chi connectivity index (χ0) is 28.8. The van der Waals surface area contributed by atoms with Gasteiger partial charge in [0.1, 0.15) is 0 Å². The van der Waals surface area contributed by atoms with Crippen molar-refractivity contribution in [3.63, 3.8) is 0 Å². The average molecular weight is 498 g/mol. The van der Waals surface area contributed by atoms with Gasteiger partial charge in [0.25, 0.3) is 51.8 Å². The van der Waals surface area contributed by atoms with Gasteiger partial charge in [0.2, 0.25) is 0 Å². The van der Waals surface area contributed by atoms with Crippen LogP contribution < -0.4 is 0 Å². The second kappa shape index (κ2) is 149. The minimum Gasteiger partial charge on any atom is -0.483 e. The van der Waals surface area contributed by atoms with Gasteiger partial charge in [-0.3, -0.25) is 43.2 Å². The van der Waals surface area contributed by atoms with E-state index >= 15 is 0 Å². The molecule has 0 bridgehead atoms. The van der Waals surface area contributed by atoms with Gasteiger partial charge in [0.05, 0.1) is 0 Å². The van der Waals surface area contributed by atoms with Gasteiger partial charge in [-0.2, -0.15) is 0 Å². The van der Waals surface area contributed by atoms with Gasteiger partial charge in [-0.25, -0.2) is 0 Å². The number of hydrogen-bond acceptors (Lipinski definition) is 9. The molecule has 0 saturated carbocycles. The fourth-order valence-electron chi connectivity index (χ4n) is 0.703. The lowest BCUT2D eigenvalue weighted by atomic mass is 10.2. The molecule has 0 aliphatic rings. The normalized spacial score (nSPS) is 5.48. The topological polar surface area (TPSA) is 336 Å². The van der Waals surface area contributed by atoms with E-state index in [1.165, 1.54) is 6.42 Å². The number of carboxylic acid groups (broad SMARTS) is 9. The quantitative estimate of drug-likeness (QED) is 0.172. The molecule has 0 unspecified atom stereocenters. The first kappa shape index (κ1) is 56.6. The van der Waals surface area contributed by atoms with E-state index in [4.69, 9.17) is 84.3 Å². The Balaban J connectivity index is -0.0000000297. The molecule has 0 aliphatic heterocycles. The molecule has 0 aromatic rings. The molecular weight excluding hydrogens is 468 g/mol. The fraction of sp³-hybridized carbons (Fsp3) is 0.400. The average Bonchev–Trinajstić information content (AvgIpc) is 2.70. The van der Waals surface area contributed by atoms with Crippen molar-refractivity contribution in [2.45, 2.75) is 39.0 Å². The van der Waals surface area contributed by atoms with E-state index in [0.717, 1.165) is 19.3 Å². The van der Waals surface area contributed by atoms with Gasteiger partial charge in [0.15, 0.2) is 0 Å². The SMILES string of the molecule is CCCCCCC(=O)O.O=CO.O=CO.O=CO.O=CO.O=CO.O=CO.O=CO.O=CO. The monoisotopic (exact) mass is 498 g/mol. The van der Waals surface area contributed by atoms with E-state index in [0.29, 0.717) is 6.42 Å². The molecule has 0 atom stereocenters. The van der Waals surface area contributed by atoms with Crippen molar-refractivity contribution in [2.75, 3.05) is 0 Å². The maximum Gasteiger partial charge on any atom is 0.303 e. The number of aliphatic carboxylic acids is 1. The number of carbonyl (C=O) groups is 9. The lowest BCUT2D eigenvalue weighted by Gasteiger charge is -1.92. The minimum absolute atomic E-state index is 0.250. The van der Waals surface area contributed by atoms with Gasteiger partial charge in [-0.15, -0.1) is 0 Å². The van der Waals surface area contributed by atoms with Crippen molar-refractivity contribution in [3.05, 3.63) is 0 Å². The summed E-state index contributed by atoms with van der Waals surface area (Å²) in [5.41, 5.74) is 0. The Morgan fingerprint density at radius 1 is 0.485 bits per heavy atom. The Kier molecular flexibility index (Phi) is 255. The third-order valence-corrected chi connectivity index (χ3v) is 1.24. The van der Waals surface area contributed by atoms with Crippen LogP contribution in [0.15, 0.2) is 0 Å². The smallest absolute Gasteiger partial charge is 0.303 e. The highest BCUT2D eigenvalue weighted by atomic mass is 16.4. The molecule has 0 aromatic carbocycles. The van der Waals surface area contributed by atoms with Crippen LogP contribution in [0.1, 0.15) is 39.0 Å². The summed E-state index contributed by atoms with van der Waals surface area (Å²) in [6.45, 7) is 0.112. The molecule has 198 valence electrons. The molecule has 18 heteroatoms. The van der Waals surface area contributed by atoms with Crippen LogP contribution in [0, 0.1) is 0 Å². The second-order valence-corrected chi connectivity index (χ2v) is 3.05. The summed E-state index contributed by atoms with van der Waals surface area (Å²) < 4.78 is 0. The van der Waals surface area contributed by atoms with Crippen LogP contribution in [-0.4, -0.2) is 104 Å². The van der Waals surface area contributed by atoms with Crippen molar-refractivity contribution >= 4 is 57.7 Å². The second-order valence-electron chi connectivity index (χ2n) is 3.05. The van der Waals surface area contributed by atoms with Crippen LogP contribution in [-0.2, 0) is 43.2 Å². The van der Waals surface area contributed by atoms with E-state index in [1.54, 1.807) is 0 Å². The maximum atomic E-state index is 9.96. The standard InChI is InChI=1S/C7H14O2.8CH2O2/c1-2-3-4-5-6-7(8)9;8*2-1-3/h2-6H2,1H3,(H,8,9);8*1H,(H,2,3). The maximum absolute atomic E-state index is 9.96. The number of carboxylic acids is 1. The number of unbranched alkanes of at least 4 members (excludes halogenated alkanes) is 3. The molecule has 0 spiro atoms. The van der Waals surface area contributed by atoms with Gasteiger partial charge >= 0.3 is 5.97 Å². The summed E-state index contributed by atoms with van der Waals surface area (Å²) in [4.78, 5) is 76.9. The molecular formula is C15H30O18. The summed E-state index contributed by atoms with van der Waals surface area (Å²) >= 11 is 0. The van der Waals surface area contributed by atoms with E-state index in [9.17, 15) is 4.79 Å². The van der Waals surface area contributed by atoms with Gasteiger partial charge in [0, 0.05) is 6.42 Å². The highest BCUT2D eigenvalue weighted by Crippen LogP contribution is 2.01. The summed E-state index contributed by atoms with van der Waals surface area (Å²) in [6, 6.07) is 0. The Labute approximate surface area is 186 Å². The van der Waals surface area contributed by atoms with Crippen LogP contribution in [0.4, 0.5) is 0 Å². The van der Waals surface area contributed by atoms with Crippen molar-refractivity contribution in [1.82, 2.24) is 0 Å². The molecule has 0 aliphatic carbocycles. The summed E-state index contributed by atoms with van der Waals surface area (Å²) in [5, 5.41) is 63.3.